The van der Waals surface area contributed by atoms with Crippen LogP contribution < -0.4 is 10.1 Å². The lowest BCUT2D eigenvalue weighted by Crippen LogP contribution is -2.52. The maximum atomic E-state index is 13.0. The van der Waals surface area contributed by atoms with Gasteiger partial charge in [0.1, 0.15) is 5.75 Å². The molecule has 5 nitrogen and oxygen atoms in total. The molecule has 3 rings (SSSR count). The predicted molar refractivity (Wildman–Crippen MR) is 105 cm³/mol. The topological polar surface area (TPSA) is 54.5 Å². The lowest BCUT2D eigenvalue weighted by atomic mass is 10.0. The summed E-state index contributed by atoms with van der Waals surface area (Å²) in [6, 6.07) is 9.26. The van der Waals surface area contributed by atoms with Crippen molar-refractivity contribution in [2.45, 2.75) is 26.0 Å². The van der Waals surface area contributed by atoms with Gasteiger partial charge in [0, 0.05) is 37.1 Å². The number of benzene rings is 1. The number of aryl methyl sites for hydroxylation is 1. The van der Waals surface area contributed by atoms with Crippen molar-refractivity contribution >= 4 is 29.9 Å². The van der Waals surface area contributed by atoms with Crippen LogP contribution in [-0.2, 0) is 4.79 Å². The van der Waals surface area contributed by atoms with Crippen LogP contribution in [0.5, 0.6) is 5.75 Å². The molecule has 2 atom stereocenters. The van der Waals surface area contributed by atoms with E-state index in [4.69, 9.17) is 16.3 Å². The Hall–Kier alpha value is -1.82. The van der Waals surface area contributed by atoms with Crippen LogP contribution in [0.15, 0.2) is 42.7 Å². The quantitative estimate of drug-likeness (QED) is 0.861. The lowest BCUT2D eigenvalue weighted by molar-refractivity contribution is -0.141. The van der Waals surface area contributed by atoms with Gasteiger partial charge in [-0.15, -0.1) is 12.4 Å². The summed E-state index contributed by atoms with van der Waals surface area (Å²) in [6.45, 7) is 5.84. The molecule has 1 saturated heterocycles. The normalized spacial score (nSPS) is 18.0. The molecule has 0 spiro atoms. The molecule has 7 heteroatoms. The van der Waals surface area contributed by atoms with Crippen LogP contribution in [0.2, 0.25) is 5.02 Å². The molecule has 26 heavy (non-hydrogen) atoms. The van der Waals surface area contributed by atoms with Crippen molar-refractivity contribution in [3.05, 3.63) is 58.9 Å². The molecule has 0 bridgehead atoms. The van der Waals surface area contributed by atoms with Gasteiger partial charge in [-0.25, -0.2) is 0 Å². The first-order valence-electron chi connectivity index (χ1n) is 8.40. The third-order valence-corrected chi connectivity index (χ3v) is 4.62. The largest absolute Gasteiger partial charge is 0.481 e. The monoisotopic (exact) mass is 395 g/mol. The Kier molecular flexibility index (Phi) is 7.26. The van der Waals surface area contributed by atoms with Gasteiger partial charge < -0.3 is 15.0 Å². The molecular formula is C19H23Cl2N3O2. The van der Waals surface area contributed by atoms with Crippen LogP contribution in [0.4, 0.5) is 0 Å². The number of hydrogen-bond donors (Lipinski definition) is 1. The van der Waals surface area contributed by atoms with Crippen LogP contribution in [-0.4, -0.2) is 41.5 Å². The van der Waals surface area contributed by atoms with Gasteiger partial charge in [0.25, 0.3) is 5.91 Å². The maximum Gasteiger partial charge on any atom is 0.263 e. The minimum atomic E-state index is -0.572. The summed E-state index contributed by atoms with van der Waals surface area (Å²) in [5, 5.41) is 4.00. The van der Waals surface area contributed by atoms with Gasteiger partial charge >= 0.3 is 0 Å². The fourth-order valence-corrected chi connectivity index (χ4v) is 3.29. The smallest absolute Gasteiger partial charge is 0.263 e. The van der Waals surface area contributed by atoms with Gasteiger partial charge in [0.2, 0.25) is 0 Å². The molecule has 1 aromatic carbocycles. The van der Waals surface area contributed by atoms with E-state index in [0.29, 0.717) is 23.9 Å². The molecule has 1 aliphatic rings. The maximum absolute atomic E-state index is 13.0. The van der Waals surface area contributed by atoms with E-state index in [1.807, 2.05) is 36.2 Å². The molecule has 0 aliphatic carbocycles. The molecule has 1 aliphatic heterocycles. The Morgan fingerprint density at radius 2 is 2.23 bits per heavy atom. The number of hydrogen-bond acceptors (Lipinski definition) is 4. The molecular weight excluding hydrogens is 373 g/mol. The van der Waals surface area contributed by atoms with E-state index >= 15 is 0 Å². The highest BCUT2D eigenvalue weighted by atomic mass is 35.5. The molecule has 0 saturated carbocycles. The number of pyridine rings is 1. The molecule has 1 fully saturated rings. The highest BCUT2D eigenvalue weighted by Gasteiger charge is 2.31. The Labute approximate surface area is 165 Å². The number of amides is 1. The van der Waals surface area contributed by atoms with Crippen LogP contribution >= 0.6 is 24.0 Å². The Bertz CT molecular complexity index is 743. The summed E-state index contributed by atoms with van der Waals surface area (Å²) in [6.07, 6.45) is 2.98. The van der Waals surface area contributed by atoms with Crippen LogP contribution in [0.1, 0.15) is 24.1 Å². The van der Waals surface area contributed by atoms with Gasteiger partial charge in [-0.3, -0.25) is 9.78 Å². The summed E-state index contributed by atoms with van der Waals surface area (Å²) < 4.78 is 5.91. The molecule has 1 amide bonds. The molecule has 1 N–H and O–H groups in total. The Morgan fingerprint density at radius 3 is 2.92 bits per heavy atom. The van der Waals surface area contributed by atoms with E-state index in [-0.39, 0.29) is 24.4 Å². The van der Waals surface area contributed by atoms with Gasteiger partial charge in [-0.1, -0.05) is 17.7 Å². The zero-order valence-electron chi connectivity index (χ0n) is 14.8. The van der Waals surface area contributed by atoms with Crippen LogP contribution in [0.3, 0.4) is 0 Å². The van der Waals surface area contributed by atoms with E-state index in [9.17, 15) is 4.79 Å². The van der Waals surface area contributed by atoms with Crippen molar-refractivity contribution in [3.63, 3.8) is 0 Å². The summed E-state index contributed by atoms with van der Waals surface area (Å²) in [4.78, 5) is 19.0. The Balaban J connectivity index is 0.00000243. The highest BCUT2D eigenvalue weighted by molar-refractivity contribution is 6.30. The minimum absolute atomic E-state index is 0. The second-order valence-electron chi connectivity index (χ2n) is 6.21. The summed E-state index contributed by atoms with van der Waals surface area (Å²) >= 11 is 5.98. The van der Waals surface area contributed by atoms with Gasteiger partial charge in [0.15, 0.2) is 6.10 Å². The van der Waals surface area contributed by atoms with Gasteiger partial charge in [-0.05, 0) is 49.2 Å². The molecule has 1 aromatic heterocycles. The van der Waals surface area contributed by atoms with E-state index in [1.165, 1.54) is 0 Å². The second kappa shape index (κ2) is 9.21. The fourth-order valence-electron chi connectivity index (χ4n) is 3.06. The molecule has 2 aromatic rings. The summed E-state index contributed by atoms with van der Waals surface area (Å²) in [5.41, 5.74) is 1.94. The number of carbonyl (C=O) groups excluding carboxylic acids is 1. The van der Waals surface area contributed by atoms with Crippen LogP contribution in [0, 0.1) is 6.92 Å². The summed E-state index contributed by atoms with van der Waals surface area (Å²) in [5.74, 6) is 0.656. The van der Waals surface area contributed by atoms with Crippen molar-refractivity contribution in [1.29, 1.82) is 0 Å². The van der Waals surface area contributed by atoms with Crippen molar-refractivity contribution in [2.75, 3.05) is 19.6 Å². The number of rotatable bonds is 4. The number of nitrogens with one attached hydrogen (secondary N) is 1. The third kappa shape index (κ3) is 4.67. The standard InChI is InChI=1S/C19H22ClN3O2.ClH/c1-13-10-16(20)5-6-18(13)25-14(2)19(24)23-9-8-22-12-17(23)15-4-3-7-21-11-15;/h3-7,10-11,14,17,22H,8-9,12H2,1-2H3;1H. The average Bonchev–Trinajstić information content (AvgIpc) is 2.64. The number of nitrogens with zero attached hydrogens (tertiary/aromatic N) is 2. The predicted octanol–water partition coefficient (Wildman–Crippen LogP) is 3.41. The van der Waals surface area contributed by atoms with E-state index in [2.05, 4.69) is 10.3 Å². The average molecular weight is 396 g/mol. The first-order chi connectivity index (χ1) is 12.1. The third-order valence-electron chi connectivity index (χ3n) is 4.38. The molecule has 2 unspecified atom stereocenters. The van der Waals surface area contributed by atoms with Crippen LogP contribution in [0.25, 0.3) is 0 Å². The number of piperazine rings is 1. The lowest BCUT2D eigenvalue weighted by Gasteiger charge is -2.37. The van der Waals surface area contributed by atoms with Crippen molar-refractivity contribution in [2.24, 2.45) is 0 Å². The molecule has 2 heterocycles. The first-order valence-corrected chi connectivity index (χ1v) is 8.78. The van der Waals surface area contributed by atoms with Gasteiger partial charge in [0.05, 0.1) is 6.04 Å². The van der Waals surface area contributed by atoms with E-state index in [1.54, 1.807) is 25.3 Å². The molecule has 140 valence electrons. The van der Waals surface area contributed by atoms with Crippen molar-refractivity contribution in [3.8, 4) is 5.75 Å². The minimum Gasteiger partial charge on any atom is -0.481 e. The second-order valence-corrected chi connectivity index (χ2v) is 6.64. The first kappa shape index (κ1) is 20.5. The Morgan fingerprint density at radius 1 is 1.42 bits per heavy atom. The highest BCUT2D eigenvalue weighted by Crippen LogP contribution is 2.26. The van der Waals surface area contributed by atoms with E-state index < -0.39 is 6.10 Å². The number of halogens is 2. The fraction of sp³-hybridized carbons (Fsp3) is 0.368. The zero-order chi connectivity index (χ0) is 17.8. The van der Waals surface area contributed by atoms with Crippen molar-refractivity contribution < 1.29 is 9.53 Å². The van der Waals surface area contributed by atoms with Gasteiger partial charge in [-0.2, -0.15) is 0 Å². The number of carbonyl (C=O) groups is 1. The van der Waals surface area contributed by atoms with E-state index in [0.717, 1.165) is 17.7 Å². The summed E-state index contributed by atoms with van der Waals surface area (Å²) in [7, 11) is 0. The number of ether oxygens (including phenoxy) is 1. The molecule has 0 radical (unpaired) electrons. The van der Waals surface area contributed by atoms with Crippen molar-refractivity contribution in [1.82, 2.24) is 15.2 Å². The number of aromatic nitrogens is 1. The zero-order valence-corrected chi connectivity index (χ0v) is 16.4. The SMILES string of the molecule is Cc1cc(Cl)ccc1OC(C)C(=O)N1CCNCC1c1cccnc1.Cl.